The topological polar surface area (TPSA) is 74.6 Å². The van der Waals surface area contributed by atoms with Gasteiger partial charge in [0, 0.05) is 0 Å². The number of hydrogen-bond acceptors (Lipinski definition) is 2. The van der Waals surface area contributed by atoms with E-state index in [-0.39, 0.29) is 123 Å². The van der Waals surface area contributed by atoms with Crippen molar-refractivity contribution in [2.75, 3.05) is 0 Å². The average molecular weight is 274 g/mol. The fourth-order valence-electron chi connectivity index (χ4n) is 0.106. The molecular weight excluding hydrogens is 271 g/mol. The summed E-state index contributed by atoms with van der Waals surface area (Å²) < 4.78 is 0. The Labute approximate surface area is 150 Å². The first-order valence-electron chi connectivity index (χ1n) is 1.43. The number of rotatable bonds is 2. The molecule has 40 valence electrons. The molecule has 4 nitrogen and oxygen atoms in total. The van der Waals surface area contributed by atoms with Crippen LogP contribution in [0.4, 0.5) is 0 Å². The predicted molar refractivity (Wildman–Crippen MR) is 19.6 cm³/mol. The zero-order chi connectivity index (χ0) is 5.86. The minimum atomic E-state index is -1.44. The van der Waals surface area contributed by atoms with Gasteiger partial charge in [-0.1, -0.05) is 0 Å². The predicted octanol–water partition coefficient (Wildman–Crippen LogP) is -6.63. The van der Waals surface area contributed by atoms with Gasteiger partial charge in [-0.2, -0.15) is 6.42 Å². The van der Waals surface area contributed by atoms with E-state index in [4.69, 9.17) is 10.2 Å². The van der Waals surface area contributed by atoms with Crippen molar-refractivity contribution in [2.45, 2.75) is 0 Å². The number of carboxylic acids is 2. The van der Waals surface area contributed by atoms with Gasteiger partial charge in [0.15, 0.2) is 11.9 Å². The fourth-order valence-corrected chi connectivity index (χ4v) is 0.106. The molecule has 2 N–H and O–H groups in total. The molecule has 0 aliphatic carbocycles. The van der Waals surface area contributed by atoms with Crippen molar-refractivity contribution in [2.24, 2.45) is 0 Å². The smallest absolute Gasteiger partial charge is 0.503 e. The molecule has 0 rings (SSSR count). The molecule has 0 atom stereocenters. The van der Waals surface area contributed by atoms with E-state index in [0.717, 1.165) is 0 Å². The Kier molecular flexibility index (Phi) is 20.3. The van der Waals surface area contributed by atoms with Gasteiger partial charge < -0.3 is 10.2 Å². The van der Waals surface area contributed by atoms with Crippen LogP contribution in [0.25, 0.3) is 0 Å². The van der Waals surface area contributed by atoms with E-state index in [0.29, 0.717) is 0 Å². The zero-order valence-corrected chi connectivity index (χ0v) is 15.1. The van der Waals surface area contributed by atoms with Crippen LogP contribution in [0.3, 0.4) is 0 Å². The van der Waals surface area contributed by atoms with Crippen LogP contribution < -0.4 is 116 Å². The molecule has 0 aromatic rings. The van der Waals surface area contributed by atoms with Gasteiger partial charge in [0.05, 0.1) is 0 Å². The van der Waals surface area contributed by atoms with E-state index >= 15 is 0 Å². The third-order valence-corrected chi connectivity index (χ3v) is 0.247. The summed E-state index contributed by atoms with van der Waals surface area (Å²) in [6.07, 6.45) is 0.167. The molecule has 0 aliphatic rings. The quantitative estimate of drug-likeness (QED) is 0.388. The molecule has 0 aliphatic heterocycles. The molecule has 0 amide bonds. The molecule has 0 aromatic heterocycles. The monoisotopic (exact) mass is 273 g/mol. The maximum Gasteiger partial charge on any atom is 1.00 e. The number of carbonyl (C=O) groups is 2. The summed E-state index contributed by atoms with van der Waals surface area (Å²) in [4.78, 5) is 18.7. The van der Waals surface area contributed by atoms with Crippen molar-refractivity contribution >= 4 is 11.9 Å². The van der Waals surface area contributed by atoms with Gasteiger partial charge in [0.1, 0.15) is 0 Å². The van der Waals surface area contributed by atoms with Gasteiger partial charge in [0.25, 0.3) is 0 Å². The first-order chi connectivity index (χ1) is 3.13. The van der Waals surface area contributed by atoms with Crippen molar-refractivity contribution in [3.05, 3.63) is 6.42 Å². The van der Waals surface area contributed by atoms with E-state index in [2.05, 4.69) is 0 Å². The molecule has 0 spiro atoms. The van der Waals surface area contributed by atoms with Gasteiger partial charge in [-0.3, -0.25) is 9.59 Å². The summed E-state index contributed by atoms with van der Waals surface area (Å²) in [6.45, 7) is 0. The van der Waals surface area contributed by atoms with Crippen LogP contribution in [-0.2, 0) is 9.59 Å². The molecule has 0 saturated carbocycles. The van der Waals surface area contributed by atoms with E-state index in [9.17, 15) is 9.59 Å². The largest absolute Gasteiger partial charge is 1.00 e. The van der Waals surface area contributed by atoms with E-state index in [1.165, 1.54) is 0 Å². The van der Waals surface area contributed by atoms with Crippen molar-refractivity contribution in [3.8, 4) is 0 Å². The molecule has 0 fully saturated rings. The molecule has 0 radical (unpaired) electrons. The summed E-state index contributed by atoms with van der Waals surface area (Å²) in [5.41, 5.74) is 0. The second-order valence-electron chi connectivity index (χ2n) is 0.821. The Bertz CT molecular complexity index is 90.0. The van der Waals surface area contributed by atoms with Crippen LogP contribution in [0, 0.1) is 6.42 Å². The first-order valence-corrected chi connectivity index (χ1v) is 1.43. The summed E-state index contributed by atoms with van der Waals surface area (Å²) in [5, 5.41) is 15.3. The Morgan fingerprint density at radius 2 is 1.22 bits per heavy atom. The van der Waals surface area contributed by atoms with Crippen molar-refractivity contribution in [3.63, 3.8) is 0 Å². The third-order valence-electron chi connectivity index (χ3n) is 0.247. The molecule has 0 aromatic carbocycles. The zero-order valence-electron chi connectivity index (χ0n) is 5.29. The van der Waals surface area contributed by atoms with Crippen LogP contribution >= 0.6 is 0 Å². The molecule has 9 heavy (non-hydrogen) atoms. The van der Waals surface area contributed by atoms with Gasteiger partial charge in [-0.05, 0) is 0 Å². The minimum absolute atomic E-state index is 0. The van der Waals surface area contributed by atoms with Crippen LogP contribution in [0.15, 0.2) is 0 Å². The van der Waals surface area contributed by atoms with E-state index in [1.807, 2.05) is 0 Å². The van der Waals surface area contributed by atoms with Crippen molar-refractivity contribution in [1.82, 2.24) is 0 Å². The fraction of sp³-hybridized carbons (Fsp3) is 0. The van der Waals surface area contributed by atoms with Crippen LogP contribution in [-0.4, -0.2) is 22.2 Å². The first kappa shape index (κ1) is 17.5. The van der Waals surface area contributed by atoms with Crippen LogP contribution in [0.2, 0.25) is 0 Å². The van der Waals surface area contributed by atoms with Gasteiger partial charge in [0.2, 0.25) is 0 Å². The SMILES string of the molecule is O=C(O)[CH-]C(=O)O.[Rb+].[Rb+]. The van der Waals surface area contributed by atoms with E-state index < -0.39 is 11.9 Å². The third kappa shape index (κ3) is 17.9. The second kappa shape index (κ2) is 10.4. The molecule has 0 heterocycles. The van der Waals surface area contributed by atoms with Crippen molar-refractivity contribution < 1.29 is 136 Å². The van der Waals surface area contributed by atoms with Crippen molar-refractivity contribution in [1.29, 1.82) is 0 Å². The molecule has 0 unspecified atom stereocenters. The normalized spacial score (nSPS) is 5.78. The average Bonchev–Trinajstić information content (AvgIpc) is 1.27. The molecular formula is C3H3O4Rb2+. The van der Waals surface area contributed by atoms with Gasteiger partial charge in [-0.25, -0.2) is 0 Å². The summed E-state index contributed by atoms with van der Waals surface area (Å²) in [6, 6.07) is 0. The Balaban J connectivity index is -0.000000180. The number of aliphatic carboxylic acids is 2. The molecule has 0 bridgehead atoms. The minimum Gasteiger partial charge on any atom is -0.503 e. The van der Waals surface area contributed by atoms with Crippen LogP contribution in [0.5, 0.6) is 0 Å². The summed E-state index contributed by atoms with van der Waals surface area (Å²) >= 11 is 0. The molecule has 0 saturated heterocycles. The Morgan fingerprint density at radius 1 is 1.00 bits per heavy atom. The maximum absolute atomic E-state index is 9.37. The Morgan fingerprint density at radius 3 is 1.22 bits per heavy atom. The number of hydrogen-bond donors (Lipinski definition) is 2. The second-order valence-corrected chi connectivity index (χ2v) is 0.821. The standard InChI is InChI=1S/C3H3O4.2Rb/c4-2(5)1-3(6)7;;/h1H,(H,4,5)(H,6,7);;/q-1;2*+1. The summed E-state index contributed by atoms with van der Waals surface area (Å²) in [7, 11) is 0. The number of carboxylic acid groups (broad SMARTS) is 2. The maximum atomic E-state index is 9.37. The molecule has 6 heteroatoms. The van der Waals surface area contributed by atoms with Gasteiger partial charge >= 0.3 is 116 Å². The Hall–Kier alpha value is 2.42. The van der Waals surface area contributed by atoms with Gasteiger partial charge in [-0.15, -0.1) is 0 Å². The van der Waals surface area contributed by atoms with E-state index in [1.54, 1.807) is 0 Å². The summed E-state index contributed by atoms with van der Waals surface area (Å²) in [5.74, 6) is -2.87. The van der Waals surface area contributed by atoms with Crippen LogP contribution in [0.1, 0.15) is 0 Å².